The van der Waals surface area contributed by atoms with Gasteiger partial charge in [-0.25, -0.2) is 0 Å². The zero-order chi connectivity index (χ0) is 20.8. The highest BCUT2D eigenvalue weighted by atomic mass is 35.5. The lowest BCUT2D eigenvalue weighted by Gasteiger charge is -2.34. The van der Waals surface area contributed by atoms with Gasteiger partial charge in [-0.3, -0.25) is 14.6 Å². The summed E-state index contributed by atoms with van der Waals surface area (Å²) in [6, 6.07) is 7.22. The van der Waals surface area contributed by atoms with Crippen LogP contribution < -0.4 is 5.32 Å². The number of aromatic nitrogens is 1. The summed E-state index contributed by atoms with van der Waals surface area (Å²) in [4.78, 5) is 31.7. The van der Waals surface area contributed by atoms with Crippen molar-refractivity contribution in [1.82, 2.24) is 14.8 Å². The molecule has 0 radical (unpaired) electrons. The summed E-state index contributed by atoms with van der Waals surface area (Å²) in [7, 11) is 0. The zero-order valence-electron chi connectivity index (χ0n) is 16.0. The number of benzene rings is 1. The molecular formula is C21H23ClN4O3. The highest BCUT2D eigenvalue weighted by Crippen LogP contribution is 2.33. The van der Waals surface area contributed by atoms with E-state index in [0.29, 0.717) is 42.5 Å². The molecule has 0 saturated carbocycles. The summed E-state index contributed by atoms with van der Waals surface area (Å²) >= 11 is 6.37. The van der Waals surface area contributed by atoms with E-state index in [4.69, 9.17) is 11.6 Å². The molecule has 7 nitrogen and oxygen atoms in total. The first-order valence-electron chi connectivity index (χ1n) is 9.30. The van der Waals surface area contributed by atoms with Gasteiger partial charge in [0.1, 0.15) is 0 Å². The fourth-order valence-corrected chi connectivity index (χ4v) is 3.54. The van der Waals surface area contributed by atoms with Crippen molar-refractivity contribution >= 4 is 29.1 Å². The van der Waals surface area contributed by atoms with Crippen molar-refractivity contribution in [2.24, 2.45) is 0 Å². The van der Waals surface area contributed by atoms with Crippen LogP contribution in [0.5, 0.6) is 0 Å². The van der Waals surface area contributed by atoms with Crippen LogP contribution in [0.3, 0.4) is 0 Å². The lowest BCUT2D eigenvalue weighted by atomic mass is 10.0. The molecule has 1 aromatic heterocycles. The topological polar surface area (TPSA) is 85.8 Å². The largest absolute Gasteiger partial charge is 0.392 e. The van der Waals surface area contributed by atoms with Crippen LogP contribution in [0.2, 0.25) is 5.02 Å². The molecule has 0 atom stereocenters. The molecule has 0 spiro atoms. The smallest absolute Gasteiger partial charge is 0.246 e. The van der Waals surface area contributed by atoms with Crippen molar-refractivity contribution in [3.8, 4) is 11.1 Å². The Labute approximate surface area is 174 Å². The van der Waals surface area contributed by atoms with Crippen LogP contribution in [0, 0.1) is 0 Å². The molecule has 1 fully saturated rings. The summed E-state index contributed by atoms with van der Waals surface area (Å²) in [6.07, 6.45) is 4.67. The Morgan fingerprint density at radius 2 is 1.97 bits per heavy atom. The fourth-order valence-electron chi connectivity index (χ4n) is 3.24. The second-order valence-corrected chi connectivity index (χ2v) is 7.06. The number of rotatable bonds is 6. The maximum absolute atomic E-state index is 12.6. The first-order valence-corrected chi connectivity index (χ1v) is 9.68. The number of amides is 2. The minimum Gasteiger partial charge on any atom is -0.392 e. The summed E-state index contributed by atoms with van der Waals surface area (Å²) in [5, 5.41) is 13.3. The van der Waals surface area contributed by atoms with E-state index in [2.05, 4.69) is 16.9 Å². The van der Waals surface area contributed by atoms with Crippen LogP contribution in [0.25, 0.3) is 11.1 Å². The molecule has 2 amide bonds. The van der Waals surface area contributed by atoms with Crippen LogP contribution in [-0.2, 0) is 16.2 Å². The van der Waals surface area contributed by atoms with Crippen molar-refractivity contribution < 1.29 is 14.7 Å². The van der Waals surface area contributed by atoms with E-state index in [1.54, 1.807) is 28.3 Å². The molecule has 3 rings (SSSR count). The predicted molar refractivity (Wildman–Crippen MR) is 112 cm³/mol. The van der Waals surface area contributed by atoms with Crippen molar-refractivity contribution in [3.05, 3.63) is 59.9 Å². The molecule has 152 valence electrons. The average molecular weight is 415 g/mol. The Morgan fingerprint density at radius 1 is 1.24 bits per heavy atom. The van der Waals surface area contributed by atoms with Crippen LogP contribution in [0.1, 0.15) is 5.56 Å². The molecule has 0 aliphatic carbocycles. The third-order valence-electron chi connectivity index (χ3n) is 4.88. The summed E-state index contributed by atoms with van der Waals surface area (Å²) in [5.74, 6) is -0.190. The Kier molecular flexibility index (Phi) is 6.85. The van der Waals surface area contributed by atoms with Gasteiger partial charge in [0.05, 0.1) is 13.2 Å². The third-order valence-corrected chi connectivity index (χ3v) is 5.20. The SMILES string of the molecule is C=CC(=O)N1CCN(C(=O)CNc2cc(-c3cccnc3)c(Cl)cc2CO)CC1. The predicted octanol–water partition coefficient (Wildman–Crippen LogP) is 2.16. The van der Waals surface area contributed by atoms with Gasteiger partial charge >= 0.3 is 0 Å². The number of aliphatic hydroxyl groups excluding tert-OH is 1. The zero-order valence-corrected chi connectivity index (χ0v) is 16.7. The lowest BCUT2D eigenvalue weighted by Crippen LogP contribution is -2.51. The number of carbonyl (C=O) groups is 2. The summed E-state index contributed by atoms with van der Waals surface area (Å²) in [6.45, 7) is 5.31. The summed E-state index contributed by atoms with van der Waals surface area (Å²) < 4.78 is 0. The summed E-state index contributed by atoms with van der Waals surface area (Å²) in [5.41, 5.74) is 2.87. The van der Waals surface area contributed by atoms with Crippen LogP contribution >= 0.6 is 11.6 Å². The van der Waals surface area contributed by atoms with Crippen LogP contribution in [-0.4, -0.2) is 64.4 Å². The van der Waals surface area contributed by atoms with E-state index in [-0.39, 0.29) is 25.0 Å². The number of hydrogen-bond acceptors (Lipinski definition) is 5. The first kappa shape index (κ1) is 20.8. The number of piperazine rings is 1. The Bertz CT molecular complexity index is 896. The van der Waals surface area contributed by atoms with E-state index in [1.165, 1.54) is 6.08 Å². The van der Waals surface area contributed by atoms with Gasteiger partial charge in [-0.05, 0) is 24.3 Å². The van der Waals surface area contributed by atoms with Crippen molar-refractivity contribution in [2.75, 3.05) is 38.0 Å². The van der Waals surface area contributed by atoms with Gasteiger partial charge in [0.2, 0.25) is 11.8 Å². The van der Waals surface area contributed by atoms with E-state index >= 15 is 0 Å². The van der Waals surface area contributed by atoms with Gasteiger partial charge in [-0.15, -0.1) is 0 Å². The molecule has 1 aliphatic rings. The highest BCUT2D eigenvalue weighted by Gasteiger charge is 2.23. The number of nitrogens with one attached hydrogen (secondary N) is 1. The number of aliphatic hydroxyl groups is 1. The first-order chi connectivity index (χ1) is 14.0. The molecule has 2 N–H and O–H groups in total. The van der Waals surface area contributed by atoms with Gasteiger partial charge < -0.3 is 20.2 Å². The molecule has 0 bridgehead atoms. The molecule has 0 unspecified atom stereocenters. The molecule has 2 aromatic rings. The average Bonchev–Trinajstić information content (AvgIpc) is 2.77. The Morgan fingerprint density at radius 3 is 2.59 bits per heavy atom. The normalized spacial score (nSPS) is 13.9. The molecule has 8 heteroatoms. The third kappa shape index (κ3) is 4.93. The maximum Gasteiger partial charge on any atom is 0.246 e. The number of carbonyl (C=O) groups excluding carboxylic acids is 2. The molecule has 1 saturated heterocycles. The minimum absolute atomic E-state index is 0.0718. The number of nitrogens with zero attached hydrogens (tertiary/aromatic N) is 3. The monoisotopic (exact) mass is 414 g/mol. The maximum atomic E-state index is 12.6. The van der Waals surface area contributed by atoms with Crippen molar-refractivity contribution in [1.29, 1.82) is 0 Å². The van der Waals surface area contributed by atoms with Gasteiger partial charge in [-0.1, -0.05) is 24.2 Å². The molecule has 29 heavy (non-hydrogen) atoms. The van der Waals surface area contributed by atoms with Crippen LogP contribution in [0.4, 0.5) is 5.69 Å². The van der Waals surface area contributed by atoms with E-state index in [1.807, 2.05) is 18.2 Å². The minimum atomic E-state index is -0.202. The highest BCUT2D eigenvalue weighted by molar-refractivity contribution is 6.33. The number of pyridine rings is 1. The number of hydrogen-bond donors (Lipinski definition) is 2. The second-order valence-electron chi connectivity index (χ2n) is 6.65. The van der Waals surface area contributed by atoms with Gasteiger partial charge in [0.25, 0.3) is 0 Å². The van der Waals surface area contributed by atoms with E-state index in [9.17, 15) is 14.7 Å². The fraction of sp³-hybridized carbons (Fsp3) is 0.286. The Balaban J connectivity index is 1.68. The van der Waals surface area contributed by atoms with Crippen molar-refractivity contribution in [2.45, 2.75) is 6.61 Å². The molecule has 1 aliphatic heterocycles. The van der Waals surface area contributed by atoms with E-state index in [0.717, 1.165) is 11.1 Å². The van der Waals surface area contributed by atoms with Crippen molar-refractivity contribution in [3.63, 3.8) is 0 Å². The quantitative estimate of drug-likeness (QED) is 0.707. The lowest BCUT2D eigenvalue weighted by molar-refractivity contribution is -0.135. The second kappa shape index (κ2) is 9.54. The van der Waals surface area contributed by atoms with Gasteiger partial charge in [0.15, 0.2) is 0 Å². The number of halogens is 1. The standard InChI is InChI=1S/C21H23ClN4O3/c1-2-20(28)25-6-8-26(9-7-25)21(29)13-24-19-11-17(15-4-3-5-23-12-15)18(22)10-16(19)14-27/h2-5,10-12,24,27H,1,6-9,13-14H2. The van der Waals surface area contributed by atoms with Gasteiger partial charge in [0, 0.05) is 66.0 Å². The molecule has 2 heterocycles. The van der Waals surface area contributed by atoms with E-state index < -0.39 is 0 Å². The molecule has 1 aromatic carbocycles. The van der Waals surface area contributed by atoms with Gasteiger partial charge in [-0.2, -0.15) is 0 Å². The number of anilines is 1. The molecular weight excluding hydrogens is 392 g/mol. The Hall–Kier alpha value is -2.90. The van der Waals surface area contributed by atoms with Crippen LogP contribution in [0.15, 0.2) is 49.3 Å².